The lowest BCUT2D eigenvalue weighted by atomic mass is 10.1. The zero-order chi connectivity index (χ0) is 25.9. The van der Waals surface area contributed by atoms with Gasteiger partial charge in [-0.2, -0.15) is 5.10 Å². The molecule has 8 nitrogen and oxygen atoms in total. The van der Waals surface area contributed by atoms with E-state index >= 15 is 0 Å². The smallest absolute Gasteiger partial charge is 0.344 e. The van der Waals surface area contributed by atoms with Crippen molar-refractivity contribution in [1.29, 1.82) is 0 Å². The van der Waals surface area contributed by atoms with E-state index < -0.39 is 11.9 Å². The standard InChI is InChI=1S/C27H27ClN2O6/c1-3-34-25(31)17-30-27(33)21(15-20-7-5-6-8-24(20)28)16-22(29-30)12-9-19-10-13-23(14-11-19)36-18-26(32)35-4-2/h5-14,16H,3-4,15,17-18H2,1-2H3/b12-9+. The summed E-state index contributed by atoms with van der Waals surface area (Å²) >= 11 is 6.29. The zero-order valence-electron chi connectivity index (χ0n) is 20.1. The number of esters is 2. The molecule has 0 spiro atoms. The van der Waals surface area contributed by atoms with Gasteiger partial charge in [-0.25, -0.2) is 9.48 Å². The van der Waals surface area contributed by atoms with Crippen molar-refractivity contribution in [2.24, 2.45) is 0 Å². The lowest BCUT2D eigenvalue weighted by molar-refractivity contribution is -0.145. The van der Waals surface area contributed by atoms with Gasteiger partial charge >= 0.3 is 11.9 Å². The van der Waals surface area contributed by atoms with Crippen molar-refractivity contribution in [2.45, 2.75) is 26.8 Å². The van der Waals surface area contributed by atoms with Gasteiger partial charge in [-0.15, -0.1) is 0 Å². The van der Waals surface area contributed by atoms with E-state index in [1.165, 1.54) is 0 Å². The molecular formula is C27H27ClN2O6. The van der Waals surface area contributed by atoms with Crippen molar-refractivity contribution in [2.75, 3.05) is 19.8 Å². The molecule has 0 atom stereocenters. The molecule has 0 amide bonds. The zero-order valence-corrected chi connectivity index (χ0v) is 20.9. The van der Waals surface area contributed by atoms with Gasteiger partial charge < -0.3 is 14.2 Å². The van der Waals surface area contributed by atoms with Crippen LogP contribution in [0.3, 0.4) is 0 Å². The predicted molar refractivity (Wildman–Crippen MR) is 137 cm³/mol. The van der Waals surface area contributed by atoms with Crippen LogP contribution in [0.5, 0.6) is 5.75 Å². The Hall–Kier alpha value is -3.91. The number of nitrogens with zero attached hydrogens (tertiary/aromatic N) is 2. The number of aromatic nitrogens is 2. The third kappa shape index (κ3) is 7.81. The Labute approximate surface area is 214 Å². The van der Waals surface area contributed by atoms with Gasteiger partial charge in [-0.1, -0.05) is 48.0 Å². The first-order valence-corrected chi connectivity index (χ1v) is 11.8. The number of rotatable bonds is 11. The fourth-order valence-electron chi connectivity index (χ4n) is 3.31. The SMILES string of the molecule is CCOC(=O)COc1ccc(/C=C/c2cc(Cc3ccccc3Cl)c(=O)n(CC(=O)OCC)n2)cc1. The second-order valence-corrected chi connectivity index (χ2v) is 8.03. The Kier molecular flexibility index (Phi) is 9.82. The Morgan fingerprint density at radius 1 is 0.944 bits per heavy atom. The Bertz CT molecular complexity index is 1280. The molecule has 9 heteroatoms. The minimum absolute atomic E-state index is 0.164. The summed E-state index contributed by atoms with van der Waals surface area (Å²) in [6, 6.07) is 16.1. The van der Waals surface area contributed by atoms with Gasteiger partial charge in [0, 0.05) is 17.0 Å². The van der Waals surface area contributed by atoms with Crippen LogP contribution in [0, 0.1) is 0 Å². The maximum atomic E-state index is 13.0. The van der Waals surface area contributed by atoms with Crippen LogP contribution < -0.4 is 10.3 Å². The third-order valence-electron chi connectivity index (χ3n) is 4.98. The number of carbonyl (C=O) groups is 2. The number of hydrogen-bond acceptors (Lipinski definition) is 7. The summed E-state index contributed by atoms with van der Waals surface area (Å²) in [4.78, 5) is 36.5. The second-order valence-electron chi connectivity index (χ2n) is 7.63. The molecule has 0 saturated carbocycles. The molecule has 1 aromatic heterocycles. The van der Waals surface area contributed by atoms with E-state index in [-0.39, 0.29) is 31.7 Å². The summed E-state index contributed by atoms with van der Waals surface area (Å²) in [5, 5.41) is 4.87. The van der Waals surface area contributed by atoms with Gasteiger partial charge in [-0.3, -0.25) is 9.59 Å². The maximum absolute atomic E-state index is 13.0. The summed E-state index contributed by atoms with van der Waals surface area (Å²) in [6.07, 6.45) is 3.85. The summed E-state index contributed by atoms with van der Waals surface area (Å²) in [5.41, 5.74) is 2.19. The van der Waals surface area contributed by atoms with Crippen molar-refractivity contribution in [3.63, 3.8) is 0 Å². The van der Waals surface area contributed by atoms with Crippen LogP contribution in [-0.2, 0) is 32.0 Å². The Balaban J connectivity index is 1.83. The van der Waals surface area contributed by atoms with Crippen LogP contribution in [0.2, 0.25) is 5.02 Å². The molecule has 0 fully saturated rings. The van der Waals surface area contributed by atoms with Crippen LogP contribution in [0.1, 0.15) is 36.2 Å². The number of hydrogen-bond donors (Lipinski definition) is 0. The molecule has 0 aliphatic carbocycles. The summed E-state index contributed by atoms with van der Waals surface area (Å²) < 4.78 is 16.3. The maximum Gasteiger partial charge on any atom is 0.344 e. The average Bonchev–Trinajstić information content (AvgIpc) is 2.86. The lowest BCUT2D eigenvalue weighted by Gasteiger charge is -2.10. The van der Waals surface area contributed by atoms with Crippen molar-refractivity contribution in [1.82, 2.24) is 9.78 Å². The molecule has 36 heavy (non-hydrogen) atoms. The summed E-state index contributed by atoms with van der Waals surface area (Å²) in [6.45, 7) is 3.48. The van der Waals surface area contributed by atoms with E-state index in [0.717, 1.165) is 15.8 Å². The lowest BCUT2D eigenvalue weighted by Crippen LogP contribution is -2.30. The topological polar surface area (TPSA) is 96.7 Å². The van der Waals surface area contributed by atoms with Gasteiger partial charge in [-0.05, 0) is 55.3 Å². The average molecular weight is 511 g/mol. The largest absolute Gasteiger partial charge is 0.482 e. The first-order chi connectivity index (χ1) is 17.4. The number of carbonyl (C=O) groups excluding carboxylic acids is 2. The first-order valence-electron chi connectivity index (χ1n) is 11.5. The molecule has 188 valence electrons. The highest BCUT2D eigenvalue weighted by atomic mass is 35.5. The van der Waals surface area contributed by atoms with Crippen molar-refractivity contribution in [3.05, 3.63) is 92.4 Å². The molecule has 0 aliphatic heterocycles. The van der Waals surface area contributed by atoms with E-state index in [4.69, 9.17) is 25.8 Å². The molecule has 0 bridgehead atoms. The van der Waals surface area contributed by atoms with E-state index in [9.17, 15) is 14.4 Å². The molecule has 0 saturated heterocycles. The van der Waals surface area contributed by atoms with Gasteiger partial charge in [0.2, 0.25) is 0 Å². The molecule has 0 N–H and O–H groups in total. The summed E-state index contributed by atoms with van der Waals surface area (Å²) in [5.74, 6) is -0.447. The van der Waals surface area contributed by atoms with Crippen molar-refractivity contribution in [3.8, 4) is 5.75 Å². The van der Waals surface area contributed by atoms with Crippen LogP contribution in [0.15, 0.2) is 59.4 Å². The minimum atomic E-state index is -0.546. The van der Waals surface area contributed by atoms with E-state index in [2.05, 4.69) is 5.10 Å². The molecule has 1 heterocycles. The van der Waals surface area contributed by atoms with E-state index in [1.54, 1.807) is 44.2 Å². The van der Waals surface area contributed by atoms with Crippen LogP contribution in [0.4, 0.5) is 0 Å². The molecular weight excluding hydrogens is 484 g/mol. The third-order valence-corrected chi connectivity index (χ3v) is 5.35. The Morgan fingerprint density at radius 2 is 1.64 bits per heavy atom. The molecule has 0 radical (unpaired) electrons. The monoisotopic (exact) mass is 510 g/mol. The van der Waals surface area contributed by atoms with Crippen LogP contribution in [0.25, 0.3) is 12.2 Å². The fourth-order valence-corrected chi connectivity index (χ4v) is 3.52. The molecule has 3 rings (SSSR count). The van der Waals surface area contributed by atoms with E-state index in [1.807, 2.05) is 36.4 Å². The first kappa shape index (κ1) is 26.7. The number of halogens is 1. The fraction of sp³-hybridized carbons (Fsp3) is 0.259. The van der Waals surface area contributed by atoms with Gasteiger partial charge in [0.1, 0.15) is 12.3 Å². The van der Waals surface area contributed by atoms with Gasteiger partial charge in [0.05, 0.1) is 18.9 Å². The normalized spacial score (nSPS) is 10.9. The minimum Gasteiger partial charge on any atom is -0.482 e. The van der Waals surface area contributed by atoms with Crippen LogP contribution in [-0.4, -0.2) is 41.5 Å². The summed E-state index contributed by atoms with van der Waals surface area (Å²) in [7, 11) is 0. The highest BCUT2D eigenvalue weighted by Crippen LogP contribution is 2.19. The Morgan fingerprint density at radius 3 is 2.33 bits per heavy atom. The molecule has 0 aliphatic rings. The molecule has 2 aromatic carbocycles. The van der Waals surface area contributed by atoms with Crippen LogP contribution >= 0.6 is 11.6 Å². The number of ether oxygens (including phenoxy) is 3. The quantitative estimate of drug-likeness (QED) is 0.357. The van der Waals surface area contributed by atoms with Gasteiger partial charge in [0.15, 0.2) is 6.61 Å². The van der Waals surface area contributed by atoms with Crippen molar-refractivity contribution >= 4 is 35.7 Å². The molecule has 0 unspecified atom stereocenters. The van der Waals surface area contributed by atoms with Gasteiger partial charge in [0.25, 0.3) is 5.56 Å². The highest BCUT2D eigenvalue weighted by molar-refractivity contribution is 6.31. The van der Waals surface area contributed by atoms with E-state index in [0.29, 0.717) is 28.6 Å². The predicted octanol–water partition coefficient (Wildman–Crippen LogP) is 4.16. The van der Waals surface area contributed by atoms with Crippen molar-refractivity contribution < 1.29 is 23.8 Å². The number of benzene rings is 2. The highest BCUT2D eigenvalue weighted by Gasteiger charge is 2.13. The molecule has 3 aromatic rings. The second kappa shape index (κ2) is 13.3.